The molecule has 7 heteroatoms. The number of aromatic nitrogens is 2. The van der Waals surface area contributed by atoms with Gasteiger partial charge in [-0.3, -0.25) is 23.6 Å². The Hall–Kier alpha value is -2.67. The van der Waals surface area contributed by atoms with Gasteiger partial charge in [0, 0.05) is 6.54 Å². The lowest BCUT2D eigenvalue weighted by atomic mass is 10.1. The Morgan fingerprint density at radius 2 is 1.78 bits per heavy atom. The standard InChI is InChI=1S/C20H28N4O3/c1-4-6-12-22(3)14-16(25)17-18(21)24(13-15-10-8-7-9-11-15)20(27)23(5-2)19(17)26/h7-11H,4-6,12-14,21H2,1-3H3. The predicted molar refractivity (Wildman–Crippen MR) is 107 cm³/mol. The molecule has 2 aromatic rings. The molecular weight excluding hydrogens is 344 g/mol. The first-order valence-electron chi connectivity index (χ1n) is 9.29. The average molecular weight is 372 g/mol. The number of benzene rings is 1. The topological polar surface area (TPSA) is 90.3 Å². The zero-order valence-electron chi connectivity index (χ0n) is 16.3. The van der Waals surface area contributed by atoms with Crippen molar-refractivity contribution < 1.29 is 4.79 Å². The Morgan fingerprint density at radius 3 is 2.37 bits per heavy atom. The van der Waals surface area contributed by atoms with E-state index in [2.05, 4.69) is 6.92 Å². The number of rotatable bonds is 9. The molecule has 146 valence electrons. The van der Waals surface area contributed by atoms with Gasteiger partial charge in [0.25, 0.3) is 5.56 Å². The molecule has 0 fully saturated rings. The number of hydrogen-bond acceptors (Lipinski definition) is 5. The summed E-state index contributed by atoms with van der Waals surface area (Å²) >= 11 is 0. The lowest BCUT2D eigenvalue weighted by molar-refractivity contribution is 0.0943. The highest BCUT2D eigenvalue weighted by Gasteiger charge is 2.23. The Balaban J connectivity index is 2.48. The summed E-state index contributed by atoms with van der Waals surface area (Å²) in [5.41, 5.74) is 5.80. The molecule has 27 heavy (non-hydrogen) atoms. The van der Waals surface area contributed by atoms with Crippen LogP contribution in [-0.4, -0.2) is 40.0 Å². The Bertz CT molecular complexity index is 900. The maximum atomic E-state index is 12.8. The van der Waals surface area contributed by atoms with Crippen molar-refractivity contribution in [2.45, 2.75) is 39.8 Å². The van der Waals surface area contributed by atoms with Gasteiger partial charge in [-0.05, 0) is 32.5 Å². The smallest absolute Gasteiger partial charge is 0.332 e. The third-order valence-electron chi connectivity index (χ3n) is 4.55. The number of nitrogen functional groups attached to an aromatic ring is 1. The molecule has 1 aromatic heterocycles. The molecule has 0 aliphatic rings. The minimum Gasteiger partial charge on any atom is -0.384 e. The summed E-state index contributed by atoms with van der Waals surface area (Å²) in [7, 11) is 1.84. The van der Waals surface area contributed by atoms with Crippen molar-refractivity contribution in [1.82, 2.24) is 14.0 Å². The normalized spacial score (nSPS) is 11.1. The first-order chi connectivity index (χ1) is 12.9. The summed E-state index contributed by atoms with van der Waals surface area (Å²) in [6.07, 6.45) is 1.98. The van der Waals surface area contributed by atoms with Crippen molar-refractivity contribution in [2.24, 2.45) is 0 Å². The van der Waals surface area contributed by atoms with E-state index in [9.17, 15) is 14.4 Å². The predicted octanol–water partition coefficient (Wildman–Crippen LogP) is 1.57. The zero-order valence-corrected chi connectivity index (χ0v) is 16.3. The second kappa shape index (κ2) is 9.32. The summed E-state index contributed by atoms with van der Waals surface area (Å²) < 4.78 is 2.37. The number of hydrogen-bond donors (Lipinski definition) is 1. The van der Waals surface area contributed by atoms with Crippen LogP contribution in [0.15, 0.2) is 39.9 Å². The molecule has 0 aliphatic heterocycles. The highest BCUT2D eigenvalue weighted by molar-refractivity contribution is 6.01. The monoisotopic (exact) mass is 372 g/mol. The van der Waals surface area contributed by atoms with Crippen LogP contribution >= 0.6 is 0 Å². The van der Waals surface area contributed by atoms with Gasteiger partial charge in [0.05, 0.1) is 13.1 Å². The van der Waals surface area contributed by atoms with Gasteiger partial charge in [-0.2, -0.15) is 0 Å². The Labute approximate surface area is 159 Å². The second-order valence-corrected chi connectivity index (χ2v) is 6.68. The summed E-state index contributed by atoms with van der Waals surface area (Å²) in [5.74, 6) is -0.424. The minimum absolute atomic E-state index is 0.0626. The van der Waals surface area contributed by atoms with Crippen molar-refractivity contribution in [3.8, 4) is 0 Å². The number of nitrogens with two attached hydrogens (primary N) is 1. The van der Waals surface area contributed by atoms with Gasteiger partial charge in [0.2, 0.25) is 0 Å². The Morgan fingerprint density at radius 1 is 1.11 bits per heavy atom. The number of Topliss-reactive ketones (excluding diaryl/α,β-unsaturated/α-hetero) is 1. The molecule has 0 saturated carbocycles. The van der Waals surface area contributed by atoms with Crippen LogP contribution in [0.5, 0.6) is 0 Å². The first kappa shape index (κ1) is 20.6. The van der Waals surface area contributed by atoms with Crippen LogP contribution in [0.4, 0.5) is 5.82 Å². The lowest BCUT2D eigenvalue weighted by Gasteiger charge is -2.18. The van der Waals surface area contributed by atoms with Crippen molar-refractivity contribution >= 4 is 11.6 Å². The second-order valence-electron chi connectivity index (χ2n) is 6.68. The van der Waals surface area contributed by atoms with Gasteiger partial charge in [-0.15, -0.1) is 0 Å². The van der Waals surface area contributed by atoms with Crippen LogP contribution in [0.3, 0.4) is 0 Å². The maximum Gasteiger partial charge on any atom is 0.332 e. The zero-order chi connectivity index (χ0) is 20.0. The Kier molecular flexibility index (Phi) is 7.12. The van der Waals surface area contributed by atoms with Crippen molar-refractivity contribution in [1.29, 1.82) is 0 Å². The molecule has 0 saturated heterocycles. The fourth-order valence-electron chi connectivity index (χ4n) is 3.01. The first-order valence-corrected chi connectivity index (χ1v) is 9.29. The molecule has 0 aliphatic carbocycles. The quantitative estimate of drug-likeness (QED) is 0.675. The summed E-state index contributed by atoms with van der Waals surface area (Å²) in [6, 6.07) is 9.34. The molecule has 0 atom stereocenters. The SMILES string of the molecule is CCCCN(C)CC(=O)c1c(N)n(Cc2ccccc2)c(=O)n(CC)c1=O. The minimum atomic E-state index is -0.613. The maximum absolute atomic E-state index is 12.8. The summed E-state index contributed by atoms with van der Waals surface area (Å²) in [5, 5.41) is 0. The van der Waals surface area contributed by atoms with Gasteiger partial charge in [0.15, 0.2) is 5.78 Å². The van der Waals surface area contributed by atoms with Crippen LogP contribution < -0.4 is 17.0 Å². The van der Waals surface area contributed by atoms with E-state index in [1.54, 1.807) is 6.92 Å². The van der Waals surface area contributed by atoms with E-state index in [0.29, 0.717) is 0 Å². The number of anilines is 1. The number of carbonyl (C=O) groups excluding carboxylic acids is 1. The fourth-order valence-corrected chi connectivity index (χ4v) is 3.01. The van der Waals surface area contributed by atoms with Crippen molar-refractivity contribution in [2.75, 3.05) is 25.9 Å². The van der Waals surface area contributed by atoms with Gasteiger partial charge < -0.3 is 5.73 Å². The third-order valence-corrected chi connectivity index (χ3v) is 4.55. The third kappa shape index (κ3) is 4.74. The van der Waals surface area contributed by atoms with Crippen molar-refractivity contribution in [3.63, 3.8) is 0 Å². The van der Waals surface area contributed by atoms with Gasteiger partial charge in [0.1, 0.15) is 11.4 Å². The van der Waals surface area contributed by atoms with Crippen LogP contribution in [0.2, 0.25) is 0 Å². The van der Waals surface area contributed by atoms with E-state index < -0.39 is 11.2 Å². The number of nitrogens with zero attached hydrogens (tertiary/aromatic N) is 3. The fraction of sp³-hybridized carbons (Fsp3) is 0.450. The molecule has 2 N–H and O–H groups in total. The van der Waals surface area contributed by atoms with E-state index in [0.717, 1.165) is 29.5 Å². The van der Waals surface area contributed by atoms with Gasteiger partial charge >= 0.3 is 5.69 Å². The molecular formula is C20H28N4O3. The van der Waals surface area contributed by atoms with Gasteiger partial charge in [-0.25, -0.2) is 4.79 Å². The molecule has 0 bridgehead atoms. The summed E-state index contributed by atoms with van der Waals surface area (Å²) in [4.78, 5) is 40.1. The molecule has 7 nitrogen and oxygen atoms in total. The van der Waals surface area contributed by atoms with Gasteiger partial charge in [-0.1, -0.05) is 43.7 Å². The number of carbonyl (C=O) groups is 1. The van der Waals surface area contributed by atoms with E-state index in [4.69, 9.17) is 5.73 Å². The van der Waals surface area contributed by atoms with Crippen LogP contribution in [0.25, 0.3) is 0 Å². The molecule has 2 rings (SSSR count). The highest BCUT2D eigenvalue weighted by atomic mass is 16.2. The number of ketones is 1. The molecule has 0 unspecified atom stereocenters. The molecule has 0 radical (unpaired) electrons. The molecule has 1 heterocycles. The largest absolute Gasteiger partial charge is 0.384 e. The van der Waals surface area contributed by atoms with E-state index in [-0.39, 0.29) is 36.8 Å². The molecule has 0 amide bonds. The average Bonchev–Trinajstić information content (AvgIpc) is 2.64. The van der Waals surface area contributed by atoms with Crippen LogP contribution in [0, 0.1) is 0 Å². The number of likely N-dealkylation sites (N-methyl/N-ethyl adjacent to an activating group) is 1. The number of unbranched alkanes of at least 4 members (excludes halogenated alkanes) is 1. The lowest BCUT2D eigenvalue weighted by Crippen LogP contribution is -2.45. The van der Waals surface area contributed by atoms with E-state index >= 15 is 0 Å². The van der Waals surface area contributed by atoms with E-state index in [1.807, 2.05) is 42.3 Å². The molecule has 0 spiro atoms. The summed E-state index contributed by atoms with van der Waals surface area (Å²) in [6.45, 7) is 5.01. The highest BCUT2D eigenvalue weighted by Crippen LogP contribution is 2.10. The molecule has 1 aromatic carbocycles. The van der Waals surface area contributed by atoms with Crippen molar-refractivity contribution in [3.05, 3.63) is 62.3 Å². The van der Waals surface area contributed by atoms with E-state index in [1.165, 1.54) is 4.57 Å². The van der Waals surface area contributed by atoms with Crippen LogP contribution in [-0.2, 0) is 13.1 Å². The van der Waals surface area contributed by atoms with Crippen LogP contribution in [0.1, 0.15) is 42.6 Å².